The zero-order valence-electron chi connectivity index (χ0n) is 19.1. The quantitative estimate of drug-likeness (QED) is 0.475. The minimum absolute atomic E-state index is 0.176. The molecule has 1 heteroatoms. The molecule has 1 aliphatic rings. The molecule has 0 radical (unpaired) electrons. The molecule has 146 valence electrons. The Morgan fingerprint density at radius 3 is 1.19 bits per heavy atom. The van der Waals surface area contributed by atoms with Crippen molar-refractivity contribution in [3.8, 4) is 11.1 Å². The maximum atomic E-state index is 2.51. The van der Waals surface area contributed by atoms with E-state index in [1.54, 1.807) is 31.0 Å². The predicted molar refractivity (Wildman–Crippen MR) is 124 cm³/mol. The van der Waals surface area contributed by atoms with Gasteiger partial charge in [-0.05, 0) is 0 Å². The van der Waals surface area contributed by atoms with E-state index in [0.717, 1.165) is 9.50 Å². The second-order valence-electron chi connectivity index (χ2n) is 11.1. The normalized spacial score (nSPS) is 16.0. The van der Waals surface area contributed by atoms with Gasteiger partial charge in [0, 0.05) is 0 Å². The van der Waals surface area contributed by atoms with Gasteiger partial charge in [-0.15, -0.1) is 0 Å². The van der Waals surface area contributed by atoms with Crippen LogP contribution in [0.4, 0.5) is 0 Å². The molecule has 2 aromatic rings. The zero-order valence-corrected chi connectivity index (χ0v) is 21.2. The molecule has 0 saturated heterocycles. The molecule has 0 fully saturated rings. The number of hydrogen-bond acceptors (Lipinski definition) is 0. The molecule has 3 rings (SSSR count). The van der Waals surface area contributed by atoms with Crippen LogP contribution in [0, 0.1) is 0 Å². The fraction of sp³-hybridized carbons (Fsp3) is 0.538. The Morgan fingerprint density at radius 1 is 0.593 bits per heavy atom. The van der Waals surface area contributed by atoms with Gasteiger partial charge in [0.05, 0.1) is 0 Å². The number of benzene rings is 2. The third-order valence-corrected chi connectivity index (χ3v) is 20.1. The average Bonchev–Trinajstić information content (AvgIpc) is 2.84. The topological polar surface area (TPSA) is 0 Å². The Kier molecular flexibility index (Phi) is 4.99. The molecule has 0 bridgehead atoms. The van der Waals surface area contributed by atoms with Gasteiger partial charge in [-0.2, -0.15) is 0 Å². The second kappa shape index (κ2) is 6.51. The Hall–Kier alpha value is -1.02. The Bertz CT molecular complexity index is 783. The van der Waals surface area contributed by atoms with Gasteiger partial charge < -0.3 is 0 Å². The molecule has 0 spiro atoms. The summed E-state index contributed by atoms with van der Waals surface area (Å²) >= 11 is -2.63. The third-order valence-electron chi connectivity index (χ3n) is 6.68. The first-order chi connectivity index (χ1) is 12.3. The summed E-state index contributed by atoms with van der Waals surface area (Å²) in [6.07, 6.45) is 0. The monoisotopic (exact) mass is 424 g/mol. The molecule has 1 heterocycles. The Labute approximate surface area is 170 Å². The summed E-state index contributed by atoms with van der Waals surface area (Å²) in [6.45, 7) is 24.4. The zero-order chi connectivity index (χ0) is 20.4. The van der Waals surface area contributed by atoms with Crippen molar-refractivity contribution >= 4 is 22.1 Å². The predicted octanol–water partition coefficient (Wildman–Crippen LogP) is 6.65. The Morgan fingerprint density at radius 2 is 0.926 bits per heavy atom. The van der Waals surface area contributed by atoms with Crippen molar-refractivity contribution in [1.29, 1.82) is 0 Å². The summed E-state index contributed by atoms with van der Waals surface area (Å²) in [7, 11) is 0. The van der Waals surface area contributed by atoms with Crippen LogP contribution in [-0.4, -0.2) is 13.3 Å². The van der Waals surface area contributed by atoms with E-state index in [-0.39, 0.29) is 10.8 Å². The van der Waals surface area contributed by atoms with Gasteiger partial charge in [0.1, 0.15) is 0 Å². The minimum atomic E-state index is -2.63. The molecule has 0 aromatic heterocycles. The van der Waals surface area contributed by atoms with Gasteiger partial charge in [-0.25, -0.2) is 0 Å². The van der Waals surface area contributed by atoms with Gasteiger partial charge in [0.25, 0.3) is 0 Å². The summed E-state index contributed by atoms with van der Waals surface area (Å²) in [5.41, 5.74) is 6.64. The van der Waals surface area contributed by atoms with E-state index in [1.165, 1.54) is 0 Å². The molecule has 0 amide bonds. The fourth-order valence-electron chi connectivity index (χ4n) is 5.64. The van der Waals surface area contributed by atoms with Crippen LogP contribution < -0.4 is 8.79 Å². The molecule has 0 nitrogen and oxygen atoms in total. The fourth-order valence-corrected chi connectivity index (χ4v) is 20.4. The van der Waals surface area contributed by atoms with E-state index in [1.807, 2.05) is 0 Å². The summed E-state index contributed by atoms with van der Waals surface area (Å²) in [6, 6.07) is 14.3. The number of fused-ring (bicyclic) bond motifs is 3. The average molecular weight is 423 g/mol. The summed E-state index contributed by atoms with van der Waals surface area (Å²) in [5, 5.41) is 0. The van der Waals surface area contributed by atoms with E-state index < -0.39 is 13.3 Å². The van der Waals surface area contributed by atoms with Crippen molar-refractivity contribution in [1.82, 2.24) is 0 Å². The van der Waals surface area contributed by atoms with Gasteiger partial charge in [0.15, 0.2) is 0 Å². The molecular weight excluding hydrogens is 385 g/mol. The molecule has 0 aliphatic carbocycles. The molecule has 1 aliphatic heterocycles. The molecule has 0 saturated carbocycles. The van der Waals surface area contributed by atoms with E-state index in [9.17, 15) is 0 Å². The van der Waals surface area contributed by atoms with E-state index >= 15 is 0 Å². The molecular formula is C26H38Ge. The van der Waals surface area contributed by atoms with Crippen molar-refractivity contribution in [3.63, 3.8) is 0 Å². The summed E-state index contributed by atoms with van der Waals surface area (Å²) < 4.78 is 5.00. The van der Waals surface area contributed by atoms with Gasteiger partial charge in [-0.1, -0.05) is 0 Å². The Balaban J connectivity index is 2.57. The van der Waals surface area contributed by atoms with Crippen molar-refractivity contribution in [2.24, 2.45) is 0 Å². The summed E-state index contributed by atoms with van der Waals surface area (Å²) in [5.74, 6) is 0. The standard InChI is InChI=1S/C26H38Ge/c1-17(2)27(18(3)4)23-19(13-11-15-21(23)25(5,6)7)20-14-12-16-22(24(20)27)26(8,9)10/h11-18H,1-10H3. The molecule has 27 heavy (non-hydrogen) atoms. The first-order valence-electron chi connectivity index (χ1n) is 10.6. The first-order valence-corrected chi connectivity index (χ1v) is 15.1. The second-order valence-corrected chi connectivity index (χ2v) is 21.7. The van der Waals surface area contributed by atoms with Crippen LogP contribution >= 0.6 is 0 Å². The van der Waals surface area contributed by atoms with E-state index in [2.05, 4.69) is 106 Å². The molecule has 2 aromatic carbocycles. The van der Waals surface area contributed by atoms with Crippen LogP contribution in [-0.2, 0) is 10.8 Å². The van der Waals surface area contributed by atoms with E-state index in [0.29, 0.717) is 0 Å². The first kappa shape index (κ1) is 20.7. The summed E-state index contributed by atoms with van der Waals surface area (Å²) in [4.78, 5) is 0. The SMILES string of the molecule is C[CH](C)[Ge]1([CH](C)C)[c]2c(cccc2C(C)(C)C)-c2cccc(C(C)(C)C)[c]21. The van der Waals surface area contributed by atoms with Crippen LogP contribution in [0.15, 0.2) is 36.4 Å². The van der Waals surface area contributed by atoms with Gasteiger partial charge in [-0.3, -0.25) is 0 Å². The number of hydrogen-bond donors (Lipinski definition) is 0. The van der Waals surface area contributed by atoms with Crippen LogP contribution in [0.25, 0.3) is 11.1 Å². The number of rotatable bonds is 2. The third kappa shape index (κ3) is 2.94. The molecule has 0 N–H and O–H groups in total. The molecule has 0 atom stereocenters. The van der Waals surface area contributed by atoms with Crippen molar-refractivity contribution in [3.05, 3.63) is 47.5 Å². The maximum absolute atomic E-state index is 2.63. The van der Waals surface area contributed by atoms with Crippen LogP contribution in [0.3, 0.4) is 0 Å². The van der Waals surface area contributed by atoms with Crippen LogP contribution in [0.1, 0.15) is 80.4 Å². The van der Waals surface area contributed by atoms with Crippen molar-refractivity contribution in [2.45, 2.75) is 89.6 Å². The van der Waals surface area contributed by atoms with Crippen LogP contribution in [0.2, 0.25) is 9.50 Å². The van der Waals surface area contributed by atoms with Gasteiger partial charge >= 0.3 is 170 Å². The van der Waals surface area contributed by atoms with E-state index in [4.69, 9.17) is 0 Å². The van der Waals surface area contributed by atoms with Crippen LogP contribution in [0.5, 0.6) is 0 Å². The van der Waals surface area contributed by atoms with Crippen molar-refractivity contribution in [2.75, 3.05) is 0 Å². The molecule has 0 unspecified atom stereocenters. The van der Waals surface area contributed by atoms with Gasteiger partial charge in [0.2, 0.25) is 0 Å². The van der Waals surface area contributed by atoms with Crippen molar-refractivity contribution < 1.29 is 0 Å².